The van der Waals surface area contributed by atoms with Gasteiger partial charge < -0.3 is 20.8 Å². The lowest BCUT2D eigenvalue weighted by molar-refractivity contribution is -0.196. The SMILES string of the molecule is Cc1c(C(=O)C(N)=O)c2c(OC(C(N)=O)C(F)(F)F)cccc2n1Cc1ccccc1. The molecule has 1 atom stereocenters. The number of halogens is 3. The van der Waals surface area contributed by atoms with Crippen LogP contribution in [0.4, 0.5) is 13.2 Å². The maximum atomic E-state index is 13.2. The van der Waals surface area contributed by atoms with Crippen LogP contribution in [0.2, 0.25) is 0 Å². The lowest BCUT2D eigenvalue weighted by atomic mass is 10.1. The van der Waals surface area contributed by atoms with E-state index in [0.29, 0.717) is 11.2 Å². The summed E-state index contributed by atoms with van der Waals surface area (Å²) in [7, 11) is 0. The third-order valence-electron chi connectivity index (χ3n) is 4.75. The van der Waals surface area contributed by atoms with Crippen LogP contribution in [-0.2, 0) is 16.1 Å². The van der Waals surface area contributed by atoms with Gasteiger partial charge in [0.15, 0.2) is 0 Å². The van der Waals surface area contributed by atoms with E-state index < -0.39 is 35.6 Å². The fraction of sp³-hybridized carbons (Fsp3) is 0.190. The Bertz CT molecular complexity index is 1170. The van der Waals surface area contributed by atoms with Crippen LogP contribution < -0.4 is 16.2 Å². The van der Waals surface area contributed by atoms with Gasteiger partial charge in [-0.15, -0.1) is 0 Å². The highest BCUT2D eigenvalue weighted by atomic mass is 19.4. The molecule has 0 bridgehead atoms. The smallest absolute Gasteiger partial charge is 0.434 e. The van der Waals surface area contributed by atoms with Crippen LogP contribution in [0.25, 0.3) is 10.9 Å². The Hall–Kier alpha value is -3.82. The van der Waals surface area contributed by atoms with Gasteiger partial charge in [0, 0.05) is 12.2 Å². The highest BCUT2D eigenvalue weighted by Crippen LogP contribution is 2.36. The van der Waals surface area contributed by atoms with Gasteiger partial charge in [-0.1, -0.05) is 36.4 Å². The van der Waals surface area contributed by atoms with Crippen molar-refractivity contribution in [2.24, 2.45) is 11.5 Å². The lowest BCUT2D eigenvalue weighted by Crippen LogP contribution is -2.45. The summed E-state index contributed by atoms with van der Waals surface area (Å²) in [5, 5.41) is -0.0600. The van der Waals surface area contributed by atoms with Gasteiger partial charge in [0.05, 0.1) is 16.5 Å². The number of rotatable bonds is 7. The minimum absolute atomic E-state index is 0.0600. The summed E-state index contributed by atoms with van der Waals surface area (Å²) >= 11 is 0. The summed E-state index contributed by atoms with van der Waals surface area (Å²) in [6.07, 6.45) is -8.02. The van der Waals surface area contributed by atoms with Crippen LogP contribution in [0.15, 0.2) is 48.5 Å². The highest BCUT2D eigenvalue weighted by molar-refractivity contribution is 6.45. The Labute approximate surface area is 174 Å². The van der Waals surface area contributed by atoms with Crippen molar-refractivity contribution in [3.63, 3.8) is 0 Å². The van der Waals surface area contributed by atoms with Gasteiger partial charge in [-0.25, -0.2) is 0 Å². The molecule has 1 unspecified atom stereocenters. The zero-order valence-corrected chi connectivity index (χ0v) is 16.3. The average molecular weight is 433 g/mol. The van der Waals surface area contributed by atoms with E-state index in [1.807, 2.05) is 18.2 Å². The van der Waals surface area contributed by atoms with E-state index >= 15 is 0 Å². The van der Waals surface area contributed by atoms with Crippen molar-refractivity contribution >= 4 is 28.5 Å². The first-order valence-electron chi connectivity index (χ1n) is 9.05. The van der Waals surface area contributed by atoms with E-state index in [2.05, 4.69) is 0 Å². The lowest BCUT2D eigenvalue weighted by Gasteiger charge is -2.19. The zero-order chi connectivity index (χ0) is 22.9. The second-order valence-corrected chi connectivity index (χ2v) is 6.82. The van der Waals surface area contributed by atoms with Gasteiger partial charge in [0.1, 0.15) is 5.75 Å². The molecule has 162 valence electrons. The average Bonchev–Trinajstić information content (AvgIpc) is 2.97. The molecule has 0 fully saturated rings. The monoisotopic (exact) mass is 433 g/mol. The van der Waals surface area contributed by atoms with Crippen molar-refractivity contribution in [2.45, 2.75) is 25.7 Å². The Balaban J connectivity index is 2.26. The predicted molar refractivity (Wildman–Crippen MR) is 105 cm³/mol. The van der Waals surface area contributed by atoms with Crippen LogP contribution >= 0.6 is 0 Å². The molecular formula is C21H18F3N3O4. The van der Waals surface area contributed by atoms with Crippen molar-refractivity contribution < 1.29 is 32.3 Å². The first-order valence-corrected chi connectivity index (χ1v) is 9.05. The number of carbonyl (C=O) groups is 3. The molecule has 3 rings (SSSR count). The van der Waals surface area contributed by atoms with Crippen molar-refractivity contribution in [1.29, 1.82) is 0 Å². The Morgan fingerprint density at radius 3 is 2.23 bits per heavy atom. The minimum Gasteiger partial charge on any atom is -0.470 e. The number of nitrogens with two attached hydrogens (primary N) is 2. The number of hydrogen-bond donors (Lipinski definition) is 2. The molecule has 0 spiro atoms. The van der Waals surface area contributed by atoms with E-state index in [1.54, 1.807) is 22.8 Å². The number of nitrogens with zero attached hydrogens (tertiary/aromatic N) is 1. The molecule has 1 heterocycles. The standard InChI is InChI=1S/C21H18F3N3O4/c1-11-15(17(28)19(25)29)16-13(27(11)10-12-6-3-2-4-7-12)8-5-9-14(16)31-18(20(26)30)21(22,23)24/h2-9,18H,10H2,1H3,(H2,25,29)(H2,26,30). The maximum Gasteiger partial charge on any atom is 0.434 e. The quantitative estimate of drug-likeness (QED) is 0.440. The number of benzene rings is 2. The zero-order valence-electron chi connectivity index (χ0n) is 16.3. The first-order chi connectivity index (χ1) is 14.5. The molecule has 1 aromatic heterocycles. The molecule has 3 aromatic rings. The third-order valence-corrected chi connectivity index (χ3v) is 4.75. The van der Waals surface area contributed by atoms with Gasteiger partial charge in [-0.2, -0.15) is 13.2 Å². The number of amides is 2. The molecule has 7 nitrogen and oxygen atoms in total. The number of Topliss-reactive ketones (excluding diaryl/α,β-unsaturated/α-hetero) is 1. The number of aromatic nitrogens is 1. The summed E-state index contributed by atoms with van der Waals surface area (Å²) in [4.78, 5) is 35.5. The second-order valence-electron chi connectivity index (χ2n) is 6.82. The van der Waals surface area contributed by atoms with E-state index in [4.69, 9.17) is 16.2 Å². The van der Waals surface area contributed by atoms with Gasteiger partial charge in [-0.3, -0.25) is 14.4 Å². The van der Waals surface area contributed by atoms with Gasteiger partial charge in [-0.05, 0) is 24.6 Å². The van der Waals surface area contributed by atoms with E-state index in [9.17, 15) is 27.6 Å². The molecule has 2 aromatic carbocycles. The minimum atomic E-state index is -5.08. The maximum absolute atomic E-state index is 13.2. The van der Waals surface area contributed by atoms with E-state index in [-0.39, 0.29) is 17.5 Å². The molecule has 0 aliphatic heterocycles. The van der Waals surface area contributed by atoms with Crippen LogP contribution in [0.3, 0.4) is 0 Å². The van der Waals surface area contributed by atoms with Gasteiger partial charge in [0.2, 0.25) is 0 Å². The molecule has 0 saturated heterocycles. The molecule has 0 aliphatic rings. The molecular weight excluding hydrogens is 415 g/mol. The Kier molecular flexibility index (Phi) is 5.74. The molecule has 0 aliphatic carbocycles. The predicted octanol–water partition coefficient (Wildman–Crippen LogP) is 2.46. The summed E-state index contributed by atoms with van der Waals surface area (Å²) in [6, 6.07) is 13.2. The fourth-order valence-corrected chi connectivity index (χ4v) is 3.37. The number of ketones is 1. The number of carbonyl (C=O) groups excluding carboxylic acids is 3. The molecule has 0 radical (unpaired) electrons. The van der Waals surface area contributed by atoms with Crippen molar-refractivity contribution in [1.82, 2.24) is 4.57 Å². The molecule has 2 amide bonds. The van der Waals surface area contributed by atoms with Crippen molar-refractivity contribution in [2.75, 3.05) is 0 Å². The van der Waals surface area contributed by atoms with E-state index in [0.717, 1.165) is 11.6 Å². The molecule has 4 N–H and O–H groups in total. The number of fused-ring (bicyclic) bond motifs is 1. The van der Waals surface area contributed by atoms with E-state index in [1.165, 1.54) is 13.0 Å². The normalized spacial score (nSPS) is 12.5. The summed E-state index contributed by atoms with van der Waals surface area (Å²) in [5.74, 6) is -4.53. The Morgan fingerprint density at radius 1 is 1.03 bits per heavy atom. The molecule has 31 heavy (non-hydrogen) atoms. The highest BCUT2D eigenvalue weighted by Gasteiger charge is 2.46. The second kappa shape index (κ2) is 8.13. The summed E-state index contributed by atoms with van der Waals surface area (Å²) < 4.78 is 46.3. The molecule has 10 heteroatoms. The fourth-order valence-electron chi connectivity index (χ4n) is 3.37. The first kappa shape index (κ1) is 21.9. The van der Waals surface area contributed by atoms with Crippen LogP contribution in [0.1, 0.15) is 21.6 Å². The largest absolute Gasteiger partial charge is 0.470 e. The summed E-state index contributed by atoms with van der Waals surface area (Å²) in [6.45, 7) is 1.80. The van der Waals surface area contributed by atoms with Gasteiger partial charge >= 0.3 is 6.18 Å². The number of ether oxygens (including phenoxy) is 1. The van der Waals surface area contributed by atoms with Gasteiger partial charge in [0.25, 0.3) is 23.7 Å². The van der Waals surface area contributed by atoms with Crippen LogP contribution in [-0.4, -0.2) is 34.4 Å². The van der Waals surface area contributed by atoms with Crippen LogP contribution in [0, 0.1) is 6.92 Å². The van der Waals surface area contributed by atoms with Crippen molar-refractivity contribution in [3.05, 3.63) is 65.4 Å². The third kappa shape index (κ3) is 4.23. The van der Waals surface area contributed by atoms with Crippen molar-refractivity contribution in [3.8, 4) is 5.75 Å². The number of alkyl halides is 3. The number of hydrogen-bond acceptors (Lipinski definition) is 4. The Morgan fingerprint density at radius 2 is 1.68 bits per heavy atom. The topological polar surface area (TPSA) is 117 Å². The molecule has 0 saturated carbocycles. The number of primary amides is 2. The summed E-state index contributed by atoms with van der Waals surface area (Å²) in [5.41, 5.74) is 11.3. The van der Waals surface area contributed by atoms with Crippen LogP contribution in [0.5, 0.6) is 5.75 Å².